The highest BCUT2D eigenvalue weighted by Gasteiger charge is 2.27. The molecule has 2 aromatic carbocycles. The lowest BCUT2D eigenvalue weighted by atomic mass is 9.86. The van der Waals surface area contributed by atoms with E-state index in [0.717, 1.165) is 24.2 Å². The summed E-state index contributed by atoms with van der Waals surface area (Å²) in [4.78, 5) is 27.4. The van der Waals surface area contributed by atoms with Crippen molar-refractivity contribution in [3.63, 3.8) is 0 Å². The molecule has 0 aromatic heterocycles. The van der Waals surface area contributed by atoms with E-state index in [9.17, 15) is 9.59 Å². The summed E-state index contributed by atoms with van der Waals surface area (Å²) in [7, 11) is 2.16. The van der Waals surface area contributed by atoms with Crippen LogP contribution in [0.4, 0.5) is 0 Å². The maximum atomic E-state index is 12.9. The van der Waals surface area contributed by atoms with Gasteiger partial charge in [-0.1, -0.05) is 36.4 Å². The second-order valence-electron chi connectivity index (χ2n) is 7.80. The van der Waals surface area contributed by atoms with Crippen LogP contribution in [0.2, 0.25) is 0 Å². The predicted molar refractivity (Wildman–Crippen MR) is 106 cm³/mol. The molecular weight excluding hydrogens is 336 g/mol. The Kier molecular flexibility index (Phi) is 5.08. The molecule has 1 N–H and O–H groups in total. The minimum Gasteiger partial charge on any atom is -0.345 e. The van der Waals surface area contributed by atoms with E-state index < -0.39 is 0 Å². The number of fused-ring (bicyclic) bond motifs is 1. The molecule has 0 radical (unpaired) electrons. The second-order valence-corrected chi connectivity index (χ2v) is 7.80. The third-order valence-corrected chi connectivity index (χ3v) is 5.85. The van der Waals surface area contributed by atoms with Crippen LogP contribution in [-0.2, 0) is 0 Å². The summed E-state index contributed by atoms with van der Waals surface area (Å²) >= 11 is 0. The summed E-state index contributed by atoms with van der Waals surface area (Å²) < 4.78 is 0. The monoisotopic (exact) mass is 362 g/mol. The summed E-state index contributed by atoms with van der Waals surface area (Å²) in [6.07, 6.45) is 3.52. The molecule has 1 heterocycles. The molecule has 1 aliphatic heterocycles. The number of likely N-dealkylation sites (tertiary alicyclic amines) is 1. The normalized spacial score (nSPS) is 22.9. The van der Waals surface area contributed by atoms with Crippen LogP contribution in [0.25, 0.3) is 0 Å². The number of carbonyl (C=O) groups is 2. The van der Waals surface area contributed by atoms with Crippen molar-refractivity contribution < 1.29 is 9.59 Å². The van der Waals surface area contributed by atoms with Gasteiger partial charge in [0.1, 0.15) is 0 Å². The van der Waals surface area contributed by atoms with Gasteiger partial charge in [-0.2, -0.15) is 0 Å². The number of carbonyl (C=O) groups excluding carboxylic acids is 2. The zero-order chi connectivity index (χ0) is 18.8. The molecule has 2 aromatic rings. The molecule has 4 heteroatoms. The highest BCUT2D eigenvalue weighted by Crippen LogP contribution is 2.30. The van der Waals surface area contributed by atoms with E-state index in [4.69, 9.17) is 0 Å². The molecule has 0 bridgehead atoms. The van der Waals surface area contributed by atoms with Gasteiger partial charge in [-0.3, -0.25) is 9.59 Å². The molecule has 2 aliphatic rings. The van der Waals surface area contributed by atoms with E-state index in [1.165, 1.54) is 18.4 Å². The van der Waals surface area contributed by atoms with E-state index in [1.54, 1.807) is 0 Å². The Morgan fingerprint density at radius 1 is 1.11 bits per heavy atom. The van der Waals surface area contributed by atoms with Gasteiger partial charge >= 0.3 is 0 Å². The van der Waals surface area contributed by atoms with Crippen molar-refractivity contribution in [1.29, 1.82) is 0 Å². The molecule has 2 unspecified atom stereocenters. The van der Waals surface area contributed by atoms with Gasteiger partial charge < -0.3 is 10.2 Å². The molecule has 0 spiro atoms. The number of Topliss-reactive ketones (excluding diaryl/α,β-unsaturated/α-hetero) is 1. The number of rotatable bonds is 3. The largest absolute Gasteiger partial charge is 0.345 e. The van der Waals surface area contributed by atoms with Gasteiger partial charge in [0.2, 0.25) is 0 Å². The molecule has 1 aliphatic carbocycles. The lowest BCUT2D eigenvalue weighted by molar-refractivity contribution is 0.0903. The van der Waals surface area contributed by atoms with Crippen LogP contribution in [0.15, 0.2) is 48.5 Å². The third-order valence-electron chi connectivity index (χ3n) is 5.85. The Labute approximate surface area is 160 Å². The molecule has 4 rings (SSSR count). The van der Waals surface area contributed by atoms with E-state index in [1.807, 2.05) is 42.5 Å². The van der Waals surface area contributed by atoms with E-state index in [-0.39, 0.29) is 17.7 Å². The SMILES string of the molecule is CN1CCCC(c2cccc(C(=O)NC3CCC(=O)c4ccccc43)c2)C1. The number of amides is 1. The second kappa shape index (κ2) is 7.65. The molecular formula is C23H26N2O2. The average molecular weight is 362 g/mol. The molecule has 1 amide bonds. The standard InChI is InChI=1S/C23H26N2O2/c1-25-13-5-8-18(15-25)16-6-4-7-17(14-16)23(27)24-21-11-12-22(26)20-10-3-2-9-19(20)21/h2-4,6-7,9-10,14,18,21H,5,8,11-13,15H2,1H3,(H,24,27). The number of piperidine rings is 1. The van der Waals surface area contributed by atoms with Crippen LogP contribution in [0.1, 0.15) is 69.5 Å². The smallest absolute Gasteiger partial charge is 0.251 e. The van der Waals surface area contributed by atoms with E-state index in [0.29, 0.717) is 24.3 Å². The fraction of sp³-hybridized carbons (Fsp3) is 0.391. The van der Waals surface area contributed by atoms with E-state index in [2.05, 4.69) is 23.3 Å². The Morgan fingerprint density at radius 3 is 2.81 bits per heavy atom. The fourth-order valence-corrected chi connectivity index (χ4v) is 4.38. The van der Waals surface area contributed by atoms with Crippen LogP contribution in [-0.4, -0.2) is 36.7 Å². The van der Waals surface area contributed by atoms with Crippen molar-refractivity contribution in [2.24, 2.45) is 0 Å². The van der Waals surface area contributed by atoms with Crippen molar-refractivity contribution in [3.8, 4) is 0 Å². The van der Waals surface area contributed by atoms with Crippen molar-refractivity contribution in [2.75, 3.05) is 20.1 Å². The maximum absolute atomic E-state index is 12.9. The summed E-state index contributed by atoms with van der Waals surface area (Å²) in [5.74, 6) is 0.596. The highest BCUT2D eigenvalue weighted by molar-refractivity contribution is 5.99. The minimum absolute atomic E-state index is 0.0600. The molecule has 0 saturated carbocycles. The van der Waals surface area contributed by atoms with Crippen molar-refractivity contribution in [1.82, 2.24) is 10.2 Å². The quantitative estimate of drug-likeness (QED) is 0.900. The molecule has 140 valence electrons. The molecule has 2 atom stereocenters. The Bertz CT molecular complexity index is 861. The van der Waals surface area contributed by atoms with Gasteiger partial charge in [-0.25, -0.2) is 0 Å². The first kappa shape index (κ1) is 17.9. The molecule has 1 saturated heterocycles. The molecule has 1 fully saturated rings. The Hall–Kier alpha value is -2.46. The maximum Gasteiger partial charge on any atom is 0.251 e. The first-order valence-electron chi connectivity index (χ1n) is 9.83. The van der Waals surface area contributed by atoms with Crippen LogP contribution < -0.4 is 5.32 Å². The average Bonchev–Trinajstić information content (AvgIpc) is 2.70. The number of hydrogen-bond acceptors (Lipinski definition) is 3. The third kappa shape index (κ3) is 3.81. The number of ketones is 1. The van der Waals surface area contributed by atoms with Crippen LogP contribution in [0.3, 0.4) is 0 Å². The van der Waals surface area contributed by atoms with Gasteiger partial charge in [0, 0.05) is 24.1 Å². The lowest BCUT2D eigenvalue weighted by Crippen LogP contribution is -2.33. The minimum atomic E-state index is -0.101. The van der Waals surface area contributed by atoms with Crippen LogP contribution in [0, 0.1) is 0 Å². The number of likely N-dealkylation sites (N-methyl/N-ethyl adjacent to an activating group) is 1. The first-order valence-corrected chi connectivity index (χ1v) is 9.83. The van der Waals surface area contributed by atoms with Crippen molar-refractivity contribution in [2.45, 2.75) is 37.6 Å². The Balaban J connectivity index is 1.52. The zero-order valence-electron chi connectivity index (χ0n) is 15.8. The summed E-state index contributed by atoms with van der Waals surface area (Å²) in [5.41, 5.74) is 3.63. The van der Waals surface area contributed by atoms with Crippen LogP contribution >= 0.6 is 0 Å². The van der Waals surface area contributed by atoms with Gasteiger partial charge in [0.05, 0.1) is 6.04 Å². The number of nitrogens with zero attached hydrogens (tertiary/aromatic N) is 1. The topological polar surface area (TPSA) is 49.4 Å². The van der Waals surface area contributed by atoms with Gasteiger partial charge in [-0.15, -0.1) is 0 Å². The first-order chi connectivity index (χ1) is 13.1. The highest BCUT2D eigenvalue weighted by atomic mass is 16.1. The van der Waals surface area contributed by atoms with Gasteiger partial charge in [-0.05, 0) is 62.0 Å². The van der Waals surface area contributed by atoms with Crippen molar-refractivity contribution in [3.05, 3.63) is 70.8 Å². The molecule has 4 nitrogen and oxygen atoms in total. The van der Waals surface area contributed by atoms with Gasteiger partial charge in [0.25, 0.3) is 5.91 Å². The predicted octanol–water partition coefficient (Wildman–Crippen LogP) is 3.94. The zero-order valence-corrected chi connectivity index (χ0v) is 15.8. The van der Waals surface area contributed by atoms with Crippen molar-refractivity contribution >= 4 is 11.7 Å². The Morgan fingerprint density at radius 2 is 1.96 bits per heavy atom. The number of hydrogen-bond donors (Lipinski definition) is 1. The molecule has 27 heavy (non-hydrogen) atoms. The summed E-state index contributed by atoms with van der Waals surface area (Å²) in [6, 6.07) is 15.6. The fourth-order valence-electron chi connectivity index (χ4n) is 4.38. The number of nitrogens with one attached hydrogen (secondary N) is 1. The van der Waals surface area contributed by atoms with Gasteiger partial charge in [0.15, 0.2) is 5.78 Å². The summed E-state index contributed by atoms with van der Waals surface area (Å²) in [5, 5.41) is 3.15. The van der Waals surface area contributed by atoms with Crippen LogP contribution in [0.5, 0.6) is 0 Å². The summed E-state index contributed by atoms with van der Waals surface area (Å²) in [6.45, 7) is 2.19. The van der Waals surface area contributed by atoms with E-state index >= 15 is 0 Å². The lowest BCUT2D eigenvalue weighted by Gasteiger charge is -2.30. The number of benzene rings is 2.